The highest BCUT2D eigenvalue weighted by Gasteiger charge is 2.36. The Morgan fingerprint density at radius 2 is 1.65 bits per heavy atom. The van der Waals surface area contributed by atoms with E-state index in [1.54, 1.807) is 48.7 Å². The molecule has 0 fully saturated rings. The van der Waals surface area contributed by atoms with Gasteiger partial charge >= 0.3 is 0 Å². The van der Waals surface area contributed by atoms with E-state index < -0.39 is 0 Å². The first-order chi connectivity index (χ1) is 9.75. The first-order valence-corrected chi connectivity index (χ1v) is 6.08. The van der Waals surface area contributed by atoms with E-state index in [-0.39, 0.29) is 11.8 Å². The number of hydrogen-bond acceptors (Lipinski definition) is 4. The quantitative estimate of drug-likeness (QED) is 0.634. The van der Waals surface area contributed by atoms with Crippen molar-refractivity contribution in [2.75, 3.05) is 4.90 Å². The predicted molar refractivity (Wildman–Crippen MR) is 71.6 cm³/mol. The molecule has 1 aliphatic rings. The third-order valence-electron chi connectivity index (χ3n) is 3.39. The zero-order chi connectivity index (χ0) is 13.7. The molecule has 0 saturated heterocycles. The van der Waals surface area contributed by atoms with Crippen LogP contribution in [0.15, 0.2) is 53.2 Å². The van der Waals surface area contributed by atoms with Crippen molar-refractivity contribution in [2.45, 2.75) is 0 Å². The van der Waals surface area contributed by atoms with Crippen LogP contribution >= 0.6 is 0 Å². The molecule has 5 nitrogen and oxygen atoms in total. The fraction of sp³-hybridized carbons (Fsp3) is 0. The van der Waals surface area contributed by atoms with Gasteiger partial charge in [0.05, 0.1) is 23.0 Å². The molecule has 5 heteroatoms. The highest BCUT2D eigenvalue weighted by molar-refractivity contribution is 6.34. The van der Waals surface area contributed by atoms with Crippen LogP contribution in [0.5, 0.6) is 0 Å². The van der Waals surface area contributed by atoms with E-state index in [0.29, 0.717) is 22.4 Å². The third kappa shape index (κ3) is 1.34. The number of imide groups is 1. The van der Waals surface area contributed by atoms with Gasteiger partial charge in [0.2, 0.25) is 0 Å². The van der Waals surface area contributed by atoms with Gasteiger partial charge in [-0.05, 0) is 24.3 Å². The van der Waals surface area contributed by atoms with E-state index in [4.69, 9.17) is 4.52 Å². The van der Waals surface area contributed by atoms with Crippen LogP contribution in [0.2, 0.25) is 0 Å². The van der Waals surface area contributed by atoms with Gasteiger partial charge in [-0.15, -0.1) is 0 Å². The Kier molecular flexibility index (Phi) is 2.06. The fourth-order valence-electron chi connectivity index (χ4n) is 2.41. The van der Waals surface area contributed by atoms with E-state index in [1.165, 1.54) is 0 Å². The van der Waals surface area contributed by atoms with Crippen molar-refractivity contribution in [1.29, 1.82) is 0 Å². The number of aromatic nitrogens is 1. The summed E-state index contributed by atoms with van der Waals surface area (Å²) in [6.07, 6.45) is 1.58. The second-order valence-corrected chi connectivity index (χ2v) is 4.54. The van der Waals surface area contributed by atoms with Crippen LogP contribution < -0.4 is 4.90 Å². The van der Waals surface area contributed by atoms with Crippen molar-refractivity contribution in [3.05, 3.63) is 59.8 Å². The third-order valence-corrected chi connectivity index (χ3v) is 3.39. The lowest BCUT2D eigenvalue weighted by atomic mass is 10.1. The smallest absolute Gasteiger partial charge is 0.266 e. The number of benzene rings is 2. The molecular weight excluding hydrogens is 256 g/mol. The van der Waals surface area contributed by atoms with E-state index in [1.807, 2.05) is 0 Å². The monoisotopic (exact) mass is 264 g/mol. The van der Waals surface area contributed by atoms with Crippen LogP contribution in [0.25, 0.3) is 11.0 Å². The van der Waals surface area contributed by atoms with Gasteiger partial charge in [-0.1, -0.05) is 17.3 Å². The zero-order valence-electron chi connectivity index (χ0n) is 10.2. The van der Waals surface area contributed by atoms with Crippen molar-refractivity contribution in [1.82, 2.24) is 5.16 Å². The van der Waals surface area contributed by atoms with E-state index in [0.717, 1.165) is 10.3 Å². The molecule has 20 heavy (non-hydrogen) atoms. The summed E-state index contributed by atoms with van der Waals surface area (Å²) in [6, 6.07) is 11.9. The zero-order valence-corrected chi connectivity index (χ0v) is 10.2. The Hall–Kier alpha value is -2.95. The van der Waals surface area contributed by atoms with Crippen molar-refractivity contribution in [3.8, 4) is 0 Å². The molecule has 1 aliphatic heterocycles. The number of hydrogen-bond donors (Lipinski definition) is 0. The lowest BCUT2D eigenvalue weighted by Crippen LogP contribution is -2.29. The number of amides is 2. The molecule has 0 aliphatic carbocycles. The molecule has 0 radical (unpaired) electrons. The van der Waals surface area contributed by atoms with E-state index in [9.17, 15) is 9.59 Å². The number of carbonyl (C=O) groups excluding carboxylic acids is 2. The summed E-state index contributed by atoms with van der Waals surface area (Å²) in [5.41, 5.74) is 1.88. The topological polar surface area (TPSA) is 63.4 Å². The molecule has 2 amide bonds. The van der Waals surface area contributed by atoms with Crippen molar-refractivity contribution < 1.29 is 14.1 Å². The number of fused-ring (bicyclic) bond motifs is 2. The van der Waals surface area contributed by atoms with Gasteiger partial charge in [-0.3, -0.25) is 9.59 Å². The van der Waals surface area contributed by atoms with Gasteiger partial charge in [0.25, 0.3) is 11.8 Å². The molecule has 96 valence electrons. The van der Waals surface area contributed by atoms with Crippen LogP contribution in [0.4, 0.5) is 5.69 Å². The maximum absolute atomic E-state index is 12.3. The minimum Gasteiger partial charge on any atom is -0.356 e. The van der Waals surface area contributed by atoms with E-state index in [2.05, 4.69) is 5.16 Å². The lowest BCUT2D eigenvalue weighted by molar-refractivity contribution is 0.0926. The van der Waals surface area contributed by atoms with Crippen LogP contribution in [0.1, 0.15) is 20.7 Å². The summed E-state index contributed by atoms with van der Waals surface area (Å²) >= 11 is 0. The number of rotatable bonds is 1. The molecule has 0 atom stereocenters. The Labute approximate surface area is 113 Å². The molecule has 4 rings (SSSR count). The van der Waals surface area contributed by atoms with Gasteiger partial charge in [-0.25, -0.2) is 4.90 Å². The predicted octanol–water partition coefficient (Wildman–Crippen LogP) is 2.63. The molecule has 0 spiro atoms. The van der Waals surface area contributed by atoms with Gasteiger partial charge in [0, 0.05) is 11.5 Å². The van der Waals surface area contributed by atoms with Gasteiger partial charge < -0.3 is 4.52 Å². The SMILES string of the molecule is O=C1c2ccccc2C(=O)N1c1ccc2cnoc2c1. The highest BCUT2D eigenvalue weighted by atomic mass is 16.5. The molecular formula is C15H8N2O3. The van der Waals surface area contributed by atoms with Crippen molar-refractivity contribution in [2.24, 2.45) is 0 Å². The Morgan fingerprint density at radius 1 is 0.950 bits per heavy atom. The summed E-state index contributed by atoms with van der Waals surface area (Å²) < 4.78 is 5.07. The second-order valence-electron chi connectivity index (χ2n) is 4.54. The standard InChI is InChI=1S/C15H8N2O3/c18-14-11-3-1-2-4-12(11)15(19)17(14)10-6-5-9-8-16-20-13(9)7-10/h1-8H. The summed E-state index contributed by atoms with van der Waals surface area (Å²) in [7, 11) is 0. The Balaban J connectivity index is 1.87. The van der Waals surface area contributed by atoms with E-state index >= 15 is 0 Å². The largest absolute Gasteiger partial charge is 0.356 e. The average Bonchev–Trinajstić information content (AvgIpc) is 3.03. The van der Waals surface area contributed by atoms with Crippen molar-refractivity contribution in [3.63, 3.8) is 0 Å². The molecule has 1 aromatic heterocycles. The van der Waals surface area contributed by atoms with Gasteiger partial charge in [0.1, 0.15) is 0 Å². The molecule has 3 aromatic rings. The Bertz CT molecular complexity index is 831. The second kappa shape index (κ2) is 3.77. The number of nitrogens with zero attached hydrogens (tertiary/aromatic N) is 2. The van der Waals surface area contributed by atoms with Crippen LogP contribution in [0, 0.1) is 0 Å². The summed E-state index contributed by atoms with van der Waals surface area (Å²) in [4.78, 5) is 25.8. The van der Waals surface area contributed by atoms with Gasteiger partial charge in [0.15, 0.2) is 5.58 Å². The molecule has 2 aromatic carbocycles. The first-order valence-electron chi connectivity index (χ1n) is 6.08. The molecule has 2 heterocycles. The number of anilines is 1. The normalized spacial score (nSPS) is 14.1. The van der Waals surface area contributed by atoms with Crippen LogP contribution in [-0.2, 0) is 0 Å². The lowest BCUT2D eigenvalue weighted by Gasteiger charge is -2.13. The maximum Gasteiger partial charge on any atom is 0.266 e. The fourth-order valence-corrected chi connectivity index (χ4v) is 2.41. The maximum atomic E-state index is 12.3. The molecule has 0 bridgehead atoms. The average molecular weight is 264 g/mol. The summed E-state index contributed by atoms with van der Waals surface area (Å²) in [6.45, 7) is 0. The van der Waals surface area contributed by atoms with Crippen LogP contribution in [0.3, 0.4) is 0 Å². The highest BCUT2D eigenvalue weighted by Crippen LogP contribution is 2.30. The van der Waals surface area contributed by atoms with Gasteiger partial charge in [-0.2, -0.15) is 0 Å². The Morgan fingerprint density at radius 3 is 2.35 bits per heavy atom. The molecule has 0 N–H and O–H groups in total. The first kappa shape index (κ1) is 10.9. The molecule has 0 saturated carbocycles. The minimum atomic E-state index is -0.315. The summed E-state index contributed by atoms with van der Waals surface area (Å²) in [5, 5.41) is 4.51. The van der Waals surface area contributed by atoms with Crippen molar-refractivity contribution >= 4 is 28.5 Å². The number of carbonyl (C=O) groups is 2. The van der Waals surface area contributed by atoms with Crippen LogP contribution in [-0.4, -0.2) is 17.0 Å². The summed E-state index contributed by atoms with van der Waals surface area (Å²) in [5.74, 6) is -0.631. The molecule has 0 unspecified atom stereocenters. The minimum absolute atomic E-state index is 0.315.